The van der Waals surface area contributed by atoms with Crippen LogP contribution >= 0.6 is 0 Å². The third kappa shape index (κ3) is 8.63. The van der Waals surface area contributed by atoms with Crippen LogP contribution in [0, 0.1) is 5.92 Å². The molecule has 0 unspecified atom stereocenters. The Bertz CT molecular complexity index is 2110. The number of aliphatic hydroxyl groups is 1. The fraction of sp³-hybridized carbons (Fsp3) is 0.422. The molecule has 3 aromatic carbocycles. The number of fused-ring (bicyclic) bond motifs is 2. The number of nitrogens with one attached hydrogen (secondary N) is 1. The molecule has 1 saturated heterocycles. The normalized spacial score (nSPS) is 20.5. The van der Waals surface area contributed by atoms with E-state index in [0.717, 1.165) is 35.5 Å². The van der Waals surface area contributed by atoms with Crippen molar-refractivity contribution in [2.24, 2.45) is 5.92 Å². The van der Waals surface area contributed by atoms with Gasteiger partial charge in [-0.25, -0.2) is 0 Å². The second-order valence-electron chi connectivity index (χ2n) is 16.1. The van der Waals surface area contributed by atoms with Crippen LogP contribution in [-0.4, -0.2) is 73.5 Å². The first-order valence-corrected chi connectivity index (χ1v) is 22.9. The van der Waals surface area contributed by atoms with E-state index in [0.29, 0.717) is 42.9 Å². The van der Waals surface area contributed by atoms with Gasteiger partial charge < -0.3 is 29.5 Å². The van der Waals surface area contributed by atoms with Gasteiger partial charge in [0.15, 0.2) is 5.60 Å². The number of aliphatic hydroxyl groups excluding tert-OH is 1. The number of aryl methyl sites for hydroxylation is 1. The lowest BCUT2D eigenvalue weighted by Crippen LogP contribution is -2.52. The number of aromatic nitrogens is 3. The van der Waals surface area contributed by atoms with Crippen molar-refractivity contribution in [1.29, 1.82) is 0 Å². The highest BCUT2D eigenvalue weighted by Crippen LogP contribution is 2.60. The number of methoxy groups -OCH3 is 2. The molecule has 11 nitrogen and oxygen atoms in total. The van der Waals surface area contributed by atoms with Crippen LogP contribution in [0.25, 0.3) is 0 Å². The lowest BCUT2D eigenvalue weighted by Gasteiger charge is -2.37. The Kier molecular flexibility index (Phi) is 12.9. The summed E-state index contributed by atoms with van der Waals surface area (Å²) in [5.74, 6) is 0.882. The molecule has 1 fully saturated rings. The number of benzene rings is 3. The smallest absolute Gasteiger partial charge is 0.264 e. The number of allylic oxidation sites excluding steroid dienone is 3. The largest absolute Gasteiger partial charge is 0.497 e. The number of hydrogen-bond acceptors (Lipinski definition) is 8. The molecular formula is C45H57N5O6Si. The second kappa shape index (κ2) is 17.6. The molecule has 3 heterocycles. The minimum absolute atomic E-state index is 0.00107. The van der Waals surface area contributed by atoms with Gasteiger partial charge in [-0.15, -0.1) is 5.10 Å². The molecule has 6 rings (SSSR count). The molecule has 0 aliphatic carbocycles. The fourth-order valence-electron chi connectivity index (χ4n) is 8.66. The Hall–Kier alpha value is -5.04. The summed E-state index contributed by atoms with van der Waals surface area (Å²) in [6.07, 6.45) is 8.84. The van der Waals surface area contributed by atoms with E-state index < -0.39 is 13.7 Å². The standard InChI is InChI=1S/C45H57N5O6Si/c1-30(2)10-9-11-31(3)22-26-50-40-21-14-34(46-43(52)33-12-15-36(54-5)16-13-33)28-39(40)45(44(50)53)32(4)42(57(7,8)38-19-17-37(55-6)18-20-38)41(56-45)23-25-49-29-35(24-27-51)47-48-49/h10,12-22,28-29,32,41-42,51H,9,11,23-27H2,1-8H3,(H,46,52)/b31-22+/t32-,41+,42-,45+/m1/s1. The number of carbonyl (C=O) groups excluding carboxylic acids is 2. The zero-order chi connectivity index (χ0) is 40.9. The summed E-state index contributed by atoms with van der Waals surface area (Å²) in [5.41, 5.74) is 4.57. The maximum Gasteiger partial charge on any atom is 0.264 e. The highest BCUT2D eigenvalue weighted by molar-refractivity contribution is 6.91. The summed E-state index contributed by atoms with van der Waals surface area (Å²) < 4.78 is 20.0. The third-order valence-electron chi connectivity index (χ3n) is 11.8. The van der Waals surface area contributed by atoms with Gasteiger partial charge in [0.2, 0.25) is 0 Å². The van der Waals surface area contributed by atoms with E-state index >= 15 is 4.79 Å². The molecule has 2 aliphatic rings. The van der Waals surface area contributed by atoms with Gasteiger partial charge in [0.25, 0.3) is 11.8 Å². The molecule has 12 heteroatoms. The Balaban J connectivity index is 1.41. The van der Waals surface area contributed by atoms with E-state index in [2.05, 4.69) is 80.7 Å². The van der Waals surface area contributed by atoms with Crippen molar-refractivity contribution in [2.75, 3.05) is 37.6 Å². The summed E-state index contributed by atoms with van der Waals surface area (Å²) in [6, 6.07) is 21.1. The summed E-state index contributed by atoms with van der Waals surface area (Å²) in [6.45, 7) is 14.2. The summed E-state index contributed by atoms with van der Waals surface area (Å²) in [7, 11) is 0.860. The topological polar surface area (TPSA) is 128 Å². The molecule has 2 N–H and O–H groups in total. The van der Waals surface area contributed by atoms with Gasteiger partial charge in [-0.1, -0.05) is 65.8 Å². The molecule has 1 aromatic heterocycles. The van der Waals surface area contributed by atoms with Crippen molar-refractivity contribution >= 4 is 36.4 Å². The van der Waals surface area contributed by atoms with Crippen LogP contribution in [0.15, 0.2) is 96.2 Å². The van der Waals surface area contributed by atoms with Crippen LogP contribution < -0.4 is 24.9 Å². The van der Waals surface area contributed by atoms with Gasteiger partial charge in [-0.3, -0.25) is 14.3 Å². The lowest BCUT2D eigenvalue weighted by molar-refractivity contribution is -0.145. The Morgan fingerprint density at radius 1 is 1.00 bits per heavy atom. The highest BCUT2D eigenvalue weighted by Gasteiger charge is 2.66. The molecule has 0 saturated carbocycles. The first-order chi connectivity index (χ1) is 27.3. The summed E-state index contributed by atoms with van der Waals surface area (Å²) in [4.78, 5) is 30.7. The molecule has 4 atom stereocenters. The number of ether oxygens (including phenoxy) is 3. The van der Waals surface area contributed by atoms with E-state index in [1.807, 2.05) is 41.4 Å². The lowest BCUT2D eigenvalue weighted by atomic mass is 9.82. The molecule has 57 heavy (non-hydrogen) atoms. The van der Waals surface area contributed by atoms with Crippen LogP contribution in [0.2, 0.25) is 18.6 Å². The quantitative estimate of drug-likeness (QED) is 0.0887. The van der Waals surface area contributed by atoms with E-state index in [9.17, 15) is 9.90 Å². The minimum Gasteiger partial charge on any atom is -0.497 e. The first kappa shape index (κ1) is 41.6. The van der Waals surface area contributed by atoms with Crippen LogP contribution in [0.3, 0.4) is 0 Å². The average Bonchev–Trinajstić information content (AvgIpc) is 3.85. The van der Waals surface area contributed by atoms with Gasteiger partial charge in [0.05, 0.1) is 39.8 Å². The number of carbonyl (C=O) groups is 2. The third-order valence-corrected chi connectivity index (χ3v) is 16.1. The Morgan fingerprint density at radius 2 is 1.68 bits per heavy atom. The van der Waals surface area contributed by atoms with Crippen molar-refractivity contribution in [3.63, 3.8) is 0 Å². The van der Waals surface area contributed by atoms with E-state index in [1.165, 1.54) is 16.3 Å². The molecule has 0 radical (unpaired) electrons. The molecule has 4 aromatic rings. The maximum atomic E-state index is 15.3. The van der Waals surface area contributed by atoms with E-state index in [4.69, 9.17) is 14.2 Å². The van der Waals surface area contributed by atoms with E-state index in [1.54, 1.807) is 43.2 Å². The molecular weight excluding hydrogens is 735 g/mol. The molecule has 0 bridgehead atoms. The van der Waals surface area contributed by atoms with Crippen LogP contribution in [0.5, 0.6) is 11.5 Å². The molecule has 2 amide bonds. The zero-order valence-electron chi connectivity index (χ0n) is 34.5. The number of nitrogens with zero attached hydrogens (tertiary/aromatic N) is 4. The predicted molar refractivity (Wildman–Crippen MR) is 227 cm³/mol. The number of rotatable bonds is 16. The van der Waals surface area contributed by atoms with Gasteiger partial charge in [0, 0.05) is 55.0 Å². The van der Waals surface area contributed by atoms with Crippen molar-refractivity contribution in [3.8, 4) is 11.5 Å². The fourth-order valence-corrected chi connectivity index (χ4v) is 12.7. The van der Waals surface area contributed by atoms with Crippen LogP contribution in [0.1, 0.15) is 68.6 Å². The van der Waals surface area contributed by atoms with Crippen LogP contribution in [0.4, 0.5) is 11.4 Å². The molecule has 1 spiro atoms. The van der Waals surface area contributed by atoms with E-state index in [-0.39, 0.29) is 36.0 Å². The SMILES string of the molecule is COc1ccc(C(=O)Nc2ccc3c(c2)[C@]2(O[C@@H](CCn4cc(CCO)nn4)[C@H]([Si](C)(C)c4ccc(OC)cc4)[C@H]2C)C(=O)N3C/C=C(\C)CCC=C(C)C)cc1. The number of hydrogen-bond donors (Lipinski definition) is 2. The van der Waals surface area contributed by atoms with Gasteiger partial charge in [-0.05, 0) is 100 Å². The average molecular weight is 792 g/mol. The van der Waals surface area contributed by atoms with Crippen molar-refractivity contribution in [2.45, 2.75) is 90.3 Å². The van der Waals surface area contributed by atoms with Crippen molar-refractivity contribution in [3.05, 3.63) is 113 Å². The molecule has 302 valence electrons. The zero-order valence-corrected chi connectivity index (χ0v) is 35.5. The van der Waals surface area contributed by atoms with Crippen LogP contribution in [-0.2, 0) is 28.1 Å². The summed E-state index contributed by atoms with van der Waals surface area (Å²) in [5, 5.41) is 22.4. The second-order valence-corrected chi connectivity index (χ2v) is 20.8. The van der Waals surface area contributed by atoms with Gasteiger partial charge in [-0.2, -0.15) is 0 Å². The highest BCUT2D eigenvalue weighted by atomic mass is 28.3. The number of amides is 2. The minimum atomic E-state index is -2.40. The first-order valence-electron chi connectivity index (χ1n) is 19.9. The van der Waals surface area contributed by atoms with Crippen molar-refractivity contribution in [1.82, 2.24) is 15.0 Å². The Labute approximate surface area is 337 Å². The summed E-state index contributed by atoms with van der Waals surface area (Å²) >= 11 is 0. The monoisotopic (exact) mass is 791 g/mol. The number of anilines is 2. The predicted octanol–water partition coefficient (Wildman–Crippen LogP) is 7.43. The maximum absolute atomic E-state index is 15.3. The Morgan fingerprint density at radius 3 is 2.33 bits per heavy atom. The van der Waals surface area contributed by atoms with Gasteiger partial charge in [0.1, 0.15) is 11.5 Å². The molecule has 2 aliphatic heterocycles. The van der Waals surface area contributed by atoms with Gasteiger partial charge >= 0.3 is 0 Å². The van der Waals surface area contributed by atoms with Crippen molar-refractivity contribution < 1.29 is 28.9 Å².